The van der Waals surface area contributed by atoms with Gasteiger partial charge in [0.1, 0.15) is 11.2 Å². The largest absolute Gasteiger partial charge is 0.493 e. The summed E-state index contributed by atoms with van der Waals surface area (Å²) in [5.74, 6) is 0.509. The Morgan fingerprint density at radius 2 is 1.80 bits per heavy atom. The number of urea groups is 1. The van der Waals surface area contributed by atoms with Crippen LogP contribution in [0.2, 0.25) is 0 Å². The Bertz CT molecular complexity index is 1220. The van der Waals surface area contributed by atoms with Crippen LogP contribution in [0.4, 0.5) is 4.79 Å². The lowest BCUT2D eigenvalue weighted by molar-refractivity contribution is -0.131. The fourth-order valence-electron chi connectivity index (χ4n) is 3.53. The summed E-state index contributed by atoms with van der Waals surface area (Å²) < 4.78 is 11.9. The molecule has 30 heavy (non-hydrogen) atoms. The molecule has 0 aliphatic carbocycles. The van der Waals surface area contributed by atoms with Crippen LogP contribution in [-0.2, 0) is 16.9 Å². The van der Waals surface area contributed by atoms with Gasteiger partial charge in [0.05, 0.1) is 26.5 Å². The van der Waals surface area contributed by atoms with Gasteiger partial charge in [0.15, 0.2) is 11.5 Å². The normalized spacial score (nSPS) is 18.6. The van der Waals surface area contributed by atoms with Gasteiger partial charge in [-0.05, 0) is 36.8 Å². The van der Waals surface area contributed by atoms with Gasteiger partial charge in [0.2, 0.25) is 0 Å². The SMILES string of the molecule is COc1ccc(C2(C)NC(=O)N(Cc3cc(=O)n4ccccc4n3)C2=O)cc1OC. The molecule has 3 amide bonds. The molecule has 1 fully saturated rings. The number of pyridine rings is 1. The van der Waals surface area contributed by atoms with Crippen LogP contribution in [0.1, 0.15) is 18.2 Å². The Kier molecular flexibility index (Phi) is 4.65. The summed E-state index contributed by atoms with van der Waals surface area (Å²) in [6.07, 6.45) is 1.61. The lowest BCUT2D eigenvalue weighted by Gasteiger charge is -2.23. The van der Waals surface area contributed by atoms with E-state index in [1.54, 1.807) is 49.5 Å². The molecule has 0 saturated carbocycles. The van der Waals surface area contributed by atoms with Gasteiger partial charge in [0.25, 0.3) is 11.5 Å². The standard InChI is InChI=1S/C21H20N4O5/c1-21(13-7-8-15(29-2)16(10-13)30-3)19(27)25(20(28)23-21)12-14-11-18(26)24-9-5-4-6-17(24)22-14/h4-11H,12H2,1-3H3,(H,23,28). The molecular weight excluding hydrogens is 388 g/mol. The van der Waals surface area contributed by atoms with Crippen LogP contribution in [0.25, 0.3) is 5.65 Å². The van der Waals surface area contributed by atoms with Crippen LogP contribution in [0.3, 0.4) is 0 Å². The highest BCUT2D eigenvalue weighted by Gasteiger charge is 2.49. The molecule has 2 aromatic heterocycles. The van der Waals surface area contributed by atoms with Crippen LogP contribution in [0, 0.1) is 0 Å². The molecule has 0 spiro atoms. The Balaban J connectivity index is 1.67. The number of benzene rings is 1. The highest BCUT2D eigenvalue weighted by molar-refractivity contribution is 6.07. The van der Waals surface area contributed by atoms with Crippen molar-refractivity contribution in [3.8, 4) is 11.5 Å². The van der Waals surface area contributed by atoms with Gasteiger partial charge in [-0.3, -0.25) is 18.9 Å². The van der Waals surface area contributed by atoms with E-state index in [0.29, 0.717) is 28.4 Å². The maximum Gasteiger partial charge on any atom is 0.325 e. The van der Waals surface area contributed by atoms with Crippen molar-refractivity contribution in [2.45, 2.75) is 19.0 Å². The number of imide groups is 1. The quantitative estimate of drug-likeness (QED) is 0.645. The molecule has 1 unspecified atom stereocenters. The zero-order valence-electron chi connectivity index (χ0n) is 16.7. The van der Waals surface area contributed by atoms with E-state index in [2.05, 4.69) is 10.3 Å². The number of nitrogens with one attached hydrogen (secondary N) is 1. The summed E-state index contributed by atoms with van der Waals surface area (Å²) in [6.45, 7) is 1.51. The van der Waals surface area contributed by atoms with Crippen molar-refractivity contribution in [3.05, 3.63) is 70.3 Å². The molecule has 1 saturated heterocycles. The van der Waals surface area contributed by atoms with Gasteiger partial charge in [-0.1, -0.05) is 12.1 Å². The van der Waals surface area contributed by atoms with Crippen LogP contribution < -0.4 is 20.3 Å². The predicted molar refractivity (Wildman–Crippen MR) is 107 cm³/mol. The summed E-state index contributed by atoms with van der Waals surface area (Å²) in [5, 5.41) is 2.74. The maximum absolute atomic E-state index is 13.2. The number of aromatic nitrogens is 2. The number of fused-ring (bicyclic) bond motifs is 1. The topological polar surface area (TPSA) is 102 Å². The van der Waals surface area contributed by atoms with Crippen molar-refractivity contribution in [2.75, 3.05) is 14.2 Å². The van der Waals surface area contributed by atoms with E-state index in [4.69, 9.17) is 9.47 Å². The van der Waals surface area contributed by atoms with E-state index < -0.39 is 17.5 Å². The molecule has 0 bridgehead atoms. The average Bonchev–Trinajstić information content (AvgIpc) is 2.97. The minimum Gasteiger partial charge on any atom is -0.493 e. The summed E-state index contributed by atoms with van der Waals surface area (Å²) in [4.78, 5) is 43.6. The fraction of sp³-hybridized carbons (Fsp3) is 0.238. The Morgan fingerprint density at radius 1 is 1.03 bits per heavy atom. The first kappa shape index (κ1) is 19.4. The molecule has 0 radical (unpaired) electrons. The molecule has 1 aliphatic heterocycles. The number of amides is 3. The molecule has 1 atom stereocenters. The Labute approximate surface area is 171 Å². The summed E-state index contributed by atoms with van der Waals surface area (Å²) in [7, 11) is 3.01. The zero-order chi connectivity index (χ0) is 21.5. The minimum absolute atomic E-state index is 0.117. The maximum atomic E-state index is 13.2. The molecule has 3 aromatic rings. The monoisotopic (exact) mass is 408 g/mol. The second-order valence-electron chi connectivity index (χ2n) is 7.03. The fourth-order valence-corrected chi connectivity index (χ4v) is 3.53. The Morgan fingerprint density at radius 3 is 2.53 bits per heavy atom. The van der Waals surface area contributed by atoms with Gasteiger partial charge in [-0.15, -0.1) is 0 Å². The van der Waals surface area contributed by atoms with Crippen LogP contribution in [-0.4, -0.2) is 40.4 Å². The first-order valence-electron chi connectivity index (χ1n) is 9.21. The molecule has 1 aromatic carbocycles. The predicted octanol–water partition coefficient (Wildman–Crippen LogP) is 1.68. The third kappa shape index (κ3) is 3.04. The number of carbonyl (C=O) groups excluding carboxylic acids is 2. The van der Waals surface area contributed by atoms with Crippen molar-refractivity contribution < 1.29 is 19.1 Å². The number of nitrogens with zero attached hydrogens (tertiary/aromatic N) is 3. The summed E-state index contributed by atoms with van der Waals surface area (Å²) in [5.41, 5.74) is -0.262. The number of hydrogen-bond donors (Lipinski definition) is 1. The van der Waals surface area contributed by atoms with E-state index in [1.165, 1.54) is 24.7 Å². The third-order valence-electron chi connectivity index (χ3n) is 5.18. The highest BCUT2D eigenvalue weighted by atomic mass is 16.5. The first-order valence-corrected chi connectivity index (χ1v) is 9.21. The molecule has 4 rings (SSSR count). The molecule has 1 aliphatic rings. The zero-order valence-corrected chi connectivity index (χ0v) is 16.7. The van der Waals surface area contributed by atoms with Crippen molar-refractivity contribution >= 4 is 17.6 Å². The summed E-state index contributed by atoms with van der Waals surface area (Å²) >= 11 is 0. The van der Waals surface area contributed by atoms with Crippen molar-refractivity contribution in [3.63, 3.8) is 0 Å². The van der Waals surface area contributed by atoms with Crippen LogP contribution >= 0.6 is 0 Å². The highest BCUT2D eigenvalue weighted by Crippen LogP contribution is 2.35. The Hall–Kier alpha value is -3.88. The second-order valence-corrected chi connectivity index (χ2v) is 7.03. The van der Waals surface area contributed by atoms with E-state index in [1.807, 2.05) is 0 Å². The number of hydrogen-bond acceptors (Lipinski definition) is 6. The minimum atomic E-state index is -1.29. The lowest BCUT2D eigenvalue weighted by Crippen LogP contribution is -2.40. The third-order valence-corrected chi connectivity index (χ3v) is 5.18. The molecule has 9 nitrogen and oxygen atoms in total. The molecular formula is C21H20N4O5. The van der Waals surface area contributed by atoms with E-state index in [-0.39, 0.29) is 12.1 Å². The van der Waals surface area contributed by atoms with Gasteiger partial charge in [-0.2, -0.15) is 0 Å². The lowest BCUT2D eigenvalue weighted by atomic mass is 9.91. The molecule has 1 N–H and O–H groups in total. The van der Waals surface area contributed by atoms with Gasteiger partial charge in [0, 0.05) is 12.3 Å². The van der Waals surface area contributed by atoms with E-state index in [0.717, 1.165) is 4.90 Å². The van der Waals surface area contributed by atoms with Crippen molar-refractivity contribution in [1.82, 2.24) is 19.6 Å². The van der Waals surface area contributed by atoms with Gasteiger partial charge >= 0.3 is 6.03 Å². The number of rotatable bonds is 5. The van der Waals surface area contributed by atoms with Gasteiger partial charge < -0.3 is 14.8 Å². The van der Waals surface area contributed by atoms with E-state index >= 15 is 0 Å². The van der Waals surface area contributed by atoms with Crippen molar-refractivity contribution in [2.24, 2.45) is 0 Å². The van der Waals surface area contributed by atoms with Crippen LogP contribution in [0.5, 0.6) is 11.5 Å². The first-order chi connectivity index (χ1) is 14.4. The van der Waals surface area contributed by atoms with Crippen LogP contribution in [0.15, 0.2) is 53.5 Å². The summed E-state index contributed by atoms with van der Waals surface area (Å²) in [6, 6.07) is 10.9. The molecule has 154 valence electrons. The van der Waals surface area contributed by atoms with E-state index in [9.17, 15) is 14.4 Å². The number of ether oxygens (including phenoxy) is 2. The van der Waals surface area contributed by atoms with Crippen molar-refractivity contribution in [1.29, 1.82) is 0 Å². The second kappa shape index (κ2) is 7.18. The number of methoxy groups -OCH3 is 2. The van der Waals surface area contributed by atoms with Gasteiger partial charge in [-0.25, -0.2) is 9.78 Å². The average molecular weight is 408 g/mol. The molecule has 9 heteroatoms. The molecule has 3 heterocycles. The smallest absolute Gasteiger partial charge is 0.325 e. The number of carbonyl (C=O) groups is 2.